The van der Waals surface area contributed by atoms with Gasteiger partial charge < -0.3 is 5.11 Å². The van der Waals surface area contributed by atoms with Crippen molar-refractivity contribution in [1.29, 1.82) is 0 Å². The fourth-order valence-corrected chi connectivity index (χ4v) is 3.60. The zero-order valence-corrected chi connectivity index (χ0v) is 12.6. The maximum atomic E-state index is 9.92. The molecule has 1 aromatic rings. The van der Waals surface area contributed by atoms with Gasteiger partial charge in [0, 0.05) is 5.92 Å². The number of benzene rings is 1. The molecule has 0 fully saturated rings. The van der Waals surface area contributed by atoms with E-state index in [1.807, 2.05) is 13.8 Å². The van der Waals surface area contributed by atoms with E-state index in [4.69, 9.17) is 0 Å². The molecule has 0 bridgehead atoms. The molecule has 0 spiro atoms. The molecular formula is C15H24OSi. The van der Waals surface area contributed by atoms with Crippen molar-refractivity contribution in [3.8, 4) is 0 Å². The fraction of sp³-hybridized carbons (Fsp3) is 0.467. The first-order valence-electron chi connectivity index (χ1n) is 6.21. The lowest BCUT2D eigenvalue weighted by Crippen LogP contribution is -2.40. The van der Waals surface area contributed by atoms with Gasteiger partial charge in [0.15, 0.2) is 0 Å². The molecule has 1 nitrogen and oxygen atoms in total. The van der Waals surface area contributed by atoms with E-state index in [1.165, 1.54) is 5.19 Å². The van der Waals surface area contributed by atoms with Crippen LogP contribution in [0.15, 0.2) is 42.1 Å². The van der Waals surface area contributed by atoms with Gasteiger partial charge in [0.1, 0.15) is 8.07 Å². The Labute approximate surface area is 106 Å². The lowest BCUT2D eigenvalue weighted by Gasteiger charge is -2.25. The third-order valence-corrected chi connectivity index (χ3v) is 6.28. The van der Waals surface area contributed by atoms with Crippen molar-refractivity contribution < 1.29 is 5.11 Å². The summed E-state index contributed by atoms with van der Waals surface area (Å²) in [6.07, 6.45) is 2.17. The fourth-order valence-electron chi connectivity index (χ4n) is 1.58. The second-order valence-corrected chi connectivity index (χ2v) is 10.2. The Balaban J connectivity index is 2.84. The van der Waals surface area contributed by atoms with Crippen molar-refractivity contribution in [2.75, 3.05) is 0 Å². The Hall–Kier alpha value is -0.863. The van der Waals surface area contributed by atoms with Crippen LogP contribution in [0.5, 0.6) is 0 Å². The first-order chi connectivity index (χ1) is 7.73. The summed E-state index contributed by atoms with van der Waals surface area (Å²) in [6, 6.07) is 10.6. The minimum absolute atomic E-state index is 0.179. The maximum Gasteiger partial charge on any atom is 0.103 e. The smallest absolute Gasteiger partial charge is 0.103 e. The Morgan fingerprint density at radius 1 is 1.18 bits per heavy atom. The van der Waals surface area contributed by atoms with Gasteiger partial charge in [-0.05, 0) is 13.8 Å². The summed E-state index contributed by atoms with van der Waals surface area (Å²) >= 11 is 0. The minimum Gasteiger partial charge on any atom is -0.390 e. The van der Waals surface area contributed by atoms with Crippen LogP contribution in [0.3, 0.4) is 0 Å². The lowest BCUT2D eigenvalue weighted by molar-refractivity contribution is 0.0441. The molecule has 0 aliphatic heterocycles. The molecule has 0 radical (unpaired) electrons. The summed E-state index contributed by atoms with van der Waals surface area (Å²) < 4.78 is 0. The number of aliphatic hydroxyl groups is 1. The van der Waals surface area contributed by atoms with E-state index < -0.39 is 13.7 Å². The van der Waals surface area contributed by atoms with Gasteiger partial charge in [0.2, 0.25) is 0 Å². The molecule has 0 aliphatic rings. The standard InChI is InChI=1S/C15H24OSi/c1-13(15(2,3)16)11-12-17(4,5)14-9-7-6-8-10-14/h6-13,16H,1-5H3/b12-11+/t13-/m0/s1. The summed E-state index contributed by atoms with van der Waals surface area (Å²) in [4.78, 5) is 0. The molecule has 0 saturated heterocycles. The van der Waals surface area contributed by atoms with E-state index in [2.05, 4.69) is 62.1 Å². The van der Waals surface area contributed by atoms with E-state index in [0.717, 1.165) is 0 Å². The van der Waals surface area contributed by atoms with Gasteiger partial charge >= 0.3 is 0 Å². The van der Waals surface area contributed by atoms with Crippen LogP contribution in [0.2, 0.25) is 13.1 Å². The van der Waals surface area contributed by atoms with Crippen LogP contribution in [-0.4, -0.2) is 18.8 Å². The molecule has 0 aromatic heterocycles. The quantitative estimate of drug-likeness (QED) is 0.812. The lowest BCUT2D eigenvalue weighted by atomic mass is 9.93. The van der Waals surface area contributed by atoms with Crippen LogP contribution in [0.25, 0.3) is 0 Å². The van der Waals surface area contributed by atoms with Crippen molar-refractivity contribution in [3.63, 3.8) is 0 Å². The van der Waals surface area contributed by atoms with Gasteiger partial charge in [0.05, 0.1) is 5.60 Å². The average Bonchev–Trinajstić information content (AvgIpc) is 2.26. The van der Waals surface area contributed by atoms with Gasteiger partial charge in [-0.2, -0.15) is 0 Å². The molecule has 1 atom stereocenters. The zero-order chi connectivity index (χ0) is 13.1. The highest BCUT2D eigenvalue weighted by atomic mass is 28.3. The molecule has 17 heavy (non-hydrogen) atoms. The second-order valence-electron chi connectivity index (χ2n) is 5.89. The first-order valence-corrected chi connectivity index (χ1v) is 9.28. The minimum atomic E-state index is -1.51. The summed E-state index contributed by atoms with van der Waals surface area (Å²) in [7, 11) is -1.51. The van der Waals surface area contributed by atoms with E-state index >= 15 is 0 Å². The molecule has 0 unspecified atom stereocenters. The van der Waals surface area contributed by atoms with Gasteiger partial charge in [-0.15, -0.1) is 0 Å². The molecule has 1 rings (SSSR count). The third-order valence-electron chi connectivity index (χ3n) is 3.43. The van der Waals surface area contributed by atoms with Crippen molar-refractivity contribution in [3.05, 3.63) is 42.1 Å². The van der Waals surface area contributed by atoms with Crippen molar-refractivity contribution in [1.82, 2.24) is 0 Å². The third kappa shape index (κ3) is 4.13. The molecule has 0 amide bonds. The summed E-state index contributed by atoms with van der Waals surface area (Å²) in [5, 5.41) is 11.3. The molecule has 0 heterocycles. The highest BCUT2D eigenvalue weighted by Crippen LogP contribution is 2.18. The molecule has 1 aromatic carbocycles. The van der Waals surface area contributed by atoms with Crippen LogP contribution in [0.1, 0.15) is 20.8 Å². The number of hydrogen-bond donors (Lipinski definition) is 1. The summed E-state index contributed by atoms with van der Waals surface area (Å²) in [5.41, 5.74) is 1.68. The van der Waals surface area contributed by atoms with Crippen LogP contribution < -0.4 is 5.19 Å². The van der Waals surface area contributed by atoms with Crippen molar-refractivity contribution in [2.24, 2.45) is 5.92 Å². The molecule has 0 aliphatic carbocycles. The topological polar surface area (TPSA) is 20.2 Å². The molecule has 1 N–H and O–H groups in total. The predicted molar refractivity (Wildman–Crippen MR) is 78.2 cm³/mol. The molecule has 2 heteroatoms. The zero-order valence-electron chi connectivity index (χ0n) is 11.6. The van der Waals surface area contributed by atoms with Gasteiger partial charge in [-0.1, -0.05) is 67.3 Å². The Morgan fingerprint density at radius 2 is 1.71 bits per heavy atom. The summed E-state index contributed by atoms with van der Waals surface area (Å²) in [6.45, 7) is 10.4. The van der Waals surface area contributed by atoms with Crippen molar-refractivity contribution in [2.45, 2.75) is 39.5 Å². The monoisotopic (exact) mass is 248 g/mol. The summed E-state index contributed by atoms with van der Waals surface area (Å²) in [5.74, 6) is 0.179. The van der Waals surface area contributed by atoms with E-state index in [0.29, 0.717) is 0 Å². The Kier molecular flexibility index (Phi) is 4.34. The highest BCUT2D eigenvalue weighted by Gasteiger charge is 2.23. The molecular weight excluding hydrogens is 224 g/mol. The van der Waals surface area contributed by atoms with Gasteiger partial charge in [0.25, 0.3) is 0 Å². The van der Waals surface area contributed by atoms with Crippen LogP contribution >= 0.6 is 0 Å². The van der Waals surface area contributed by atoms with E-state index in [-0.39, 0.29) is 5.92 Å². The molecule has 94 valence electrons. The number of rotatable bonds is 4. The normalized spacial score (nSPS) is 15.2. The number of hydrogen-bond acceptors (Lipinski definition) is 1. The second kappa shape index (κ2) is 5.19. The van der Waals surface area contributed by atoms with Gasteiger partial charge in [-0.25, -0.2) is 0 Å². The van der Waals surface area contributed by atoms with Crippen molar-refractivity contribution >= 4 is 13.3 Å². The van der Waals surface area contributed by atoms with E-state index in [9.17, 15) is 5.11 Å². The van der Waals surface area contributed by atoms with Crippen LogP contribution in [-0.2, 0) is 0 Å². The SMILES string of the molecule is C[C@@H](/C=C/[Si](C)(C)c1ccccc1)C(C)(C)O. The van der Waals surface area contributed by atoms with Crippen LogP contribution in [0.4, 0.5) is 0 Å². The van der Waals surface area contributed by atoms with E-state index in [1.54, 1.807) is 0 Å². The predicted octanol–water partition coefficient (Wildman–Crippen LogP) is 3.10. The Bertz CT molecular complexity index is 374. The largest absolute Gasteiger partial charge is 0.390 e. The van der Waals surface area contributed by atoms with Gasteiger partial charge in [-0.3, -0.25) is 0 Å². The molecule has 0 saturated carbocycles. The first kappa shape index (κ1) is 14.2. The Morgan fingerprint density at radius 3 is 2.18 bits per heavy atom. The maximum absolute atomic E-state index is 9.92. The average molecular weight is 248 g/mol. The highest BCUT2D eigenvalue weighted by molar-refractivity contribution is 6.93. The van der Waals surface area contributed by atoms with Crippen LogP contribution in [0, 0.1) is 5.92 Å².